The zero-order valence-corrected chi connectivity index (χ0v) is 16.3. The SMILES string of the molecule is CN1CC(=O)N(CCCC(=O)N2CCN(Cc3cccc(Cl)c3)CC2)C1=O. The molecule has 2 aliphatic heterocycles. The minimum absolute atomic E-state index is 0.0878. The summed E-state index contributed by atoms with van der Waals surface area (Å²) in [5, 5.41) is 0.738. The van der Waals surface area contributed by atoms with Crippen LogP contribution in [0.5, 0.6) is 0 Å². The van der Waals surface area contributed by atoms with E-state index >= 15 is 0 Å². The molecule has 2 fully saturated rings. The predicted molar refractivity (Wildman–Crippen MR) is 102 cm³/mol. The molecule has 0 spiro atoms. The van der Waals surface area contributed by atoms with E-state index in [2.05, 4.69) is 11.0 Å². The number of carbonyl (C=O) groups excluding carboxylic acids is 3. The number of hydrogen-bond acceptors (Lipinski definition) is 4. The monoisotopic (exact) mass is 392 g/mol. The number of amides is 4. The van der Waals surface area contributed by atoms with Gasteiger partial charge in [-0.2, -0.15) is 0 Å². The zero-order valence-electron chi connectivity index (χ0n) is 15.6. The van der Waals surface area contributed by atoms with Gasteiger partial charge in [-0.15, -0.1) is 0 Å². The van der Waals surface area contributed by atoms with Crippen molar-refractivity contribution in [2.45, 2.75) is 19.4 Å². The predicted octanol–water partition coefficient (Wildman–Crippen LogP) is 1.66. The first-order valence-corrected chi connectivity index (χ1v) is 9.62. The molecular weight excluding hydrogens is 368 g/mol. The number of nitrogens with zero attached hydrogens (tertiary/aromatic N) is 4. The molecule has 0 bridgehead atoms. The average molecular weight is 393 g/mol. The van der Waals surface area contributed by atoms with Crippen LogP contribution in [0, 0.1) is 0 Å². The lowest BCUT2D eigenvalue weighted by Gasteiger charge is -2.35. The van der Waals surface area contributed by atoms with Crippen molar-refractivity contribution in [2.24, 2.45) is 0 Å². The topological polar surface area (TPSA) is 64.2 Å². The molecule has 0 aromatic heterocycles. The minimum atomic E-state index is -0.276. The summed E-state index contributed by atoms with van der Waals surface area (Å²) in [5.74, 6) is -0.102. The molecule has 1 aromatic rings. The van der Waals surface area contributed by atoms with Gasteiger partial charge in [-0.25, -0.2) is 4.79 Å². The first-order chi connectivity index (χ1) is 12.9. The highest BCUT2D eigenvalue weighted by Crippen LogP contribution is 2.15. The molecule has 0 aliphatic carbocycles. The standard InChI is InChI=1S/C19H25ClN4O3/c1-21-14-18(26)24(19(21)27)7-3-6-17(25)23-10-8-22(9-11-23)13-15-4-2-5-16(20)12-15/h2,4-5,12H,3,6-11,13-14H2,1H3. The molecule has 2 heterocycles. The van der Waals surface area contributed by atoms with E-state index in [4.69, 9.17) is 11.6 Å². The van der Waals surface area contributed by atoms with Crippen LogP contribution in [-0.4, -0.2) is 83.8 Å². The van der Waals surface area contributed by atoms with Crippen LogP contribution in [0.4, 0.5) is 4.79 Å². The van der Waals surface area contributed by atoms with E-state index in [1.165, 1.54) is 15.4 Å². The normalized spacial score (nSPS) is 18.5. The number of rotatable bonds is 6. The van der Waals surface area contributed by atoms with Crippen LogP contribution in [0.25, 0.3) is 0 Å². The second-order valence-corrected chi connectivity index (χ2v) is 7.51. The Labute approximate surface area is 164 Å². The smallest absolute Gasteiger partial charge is 0.326 e. The van der Waals surface area contributed by atoms with Crippen LogP contribution in [0.15, 0.2) is 24.3 Å². The molecule has 2 saturated heterocycles. The largest absolute Gasteiger partial charge is 0.340 e. The summed E-state index contributed by atoms with van der Waals surface area (Å²) >= 11 is 6.03. The maximum atomic E-state index is 12.4. The van der Waals surface area contributed by atoms with E-state index in [0.717, 1.165) is 24.7 Å². The summed E-state index contributed by atoms with van der Waals surface area (Å²) in [6, 6.07) is 7.56. The maximum Gasteiger partial charge on any atom is 0.326 e. The summed E-state index contributed by atoms with van der Waals surface area (Å²) in [7, 11) is 1.61. The number of carbonyl (C=O) groups is 3. The summed E-state index contributed by atoms with van der Waals surface area (Å²) in [6.45, 7) is 4.31. The summed E-state index contributed by atoms with van der Waals surface area (Å²) in [5.41, 5.74) is 1.17. The van der Waals surface area contributed by atoms with Crippen molar-refractivity contribution in [1.82, 2.24) is 19.6 Å². The van der Waals surface area contributed by atoms with Gasteiger partial charge < -0.3 is 9.80 Å². The Morgan fingerprint density at radius 2 is 1.89 bits per heavy atom. The third kappa shape index (κ3) is 4.99. The third-order valence-electron chi connectivity index (χ3n) is 5.02. The highest BCUT2D eigenvalue weighted by atomic mass is 35.5. The molecule has 3 rings (SSSR count). The van der Waals surface area contributed by atoms with Gasteiger partial charge in [0.05, 0.1) is 0 Å². The minimum Gasteiger partial charge on any atom is -0.340 e. The molecule has 27 heavy (non-hydrogen) atoms. The van der Waals surface area contributed by atoms with E-state index in [1.54, 1.807) is 7.05 Å². The van der Waals surface area contributed by atoms with Gasteiger partial charge >= 0.3 is 6.03 Å². The van der Waals surface area contributed by atoms with Crippen molar-refractivity contribution in [2.75, 3.05) is 46.3 Å². The Balaban J connectivity index is 1.38. The lowest BCUT2D eigenvalue weighted by Crippen LogP contribution is -2.48. The lowest BCUT2D eigenvalue weighted by atomic mass is 10.2. The third-order valence-corrected chi connectivity index (χ3v) is 5.26. The summed E-state index contributed by atoms with van der Waals surface area (Å²) < 4.78 is 0. The van der Waals surface area contributed by atoms with Crippen LogP contribution < -0.4 is 0 Å². The van der Waals surface area contributed by atoms with Crippen molar-refractivity contribution >= 4 is 29.4 Å². The van der Waals surface area contributed by atoms with Crippen LogP contribution in [0.2, 0.25) is 5.02 Å². The molecule has 0 saturated carbocycles. The number of piperazine rings is 1. The molecule has 8 heteroatoms. The maximum absolute atomic E-state index is 12.4. The van der Waals surface area contributed by atoms with Gasteiger partial charge in [-0.3, -0.25) is 19.4 Å². The Morgan fingerprint density at radius 3 is 2.52 bits per heavy atom. The second kappa shape index (κ2) is 8.71. The Kier molecular flexibility index (Phi) is 6.34. The number of imide groups is 1. The van der Waals surface area contributed by atoms with Crippen molar-refractivity contribution in [3.63, 3.8) is 0 Å². The first-order valence-electron chi connectivity index (χ1n) is 9.24. The Bertz CT molecular complexity index is 719. The summed E-state index contributed by atoms with van der Waals surface area (Å²) in [4.78, 5) is 42.8. The zero-order chi connectivity index (χ0) is 19.4. The van der Waals surface area contributed by atoms with Gasteiger partial charge in [0.1, 0.15) is 6.54 Å². The molecule has 0 radical (unpaired) electrons. The molecular formula is C19H25ClN4O3. The fraction of sp³-hybridized carbons (Fsp3) is 0.526. The van der Waals surface area contributed by atoms with Crippen LogP contribution in [0.3, 0.4) is 0 Å². The number of halogens is 1. The lowest BCUT2D eigenvalue weighted by molar-refractivity contribution is -0.133. The van der Waals surface area contributed by atoms with Gasteiger partial charge in [0, 0.05) is 57.8 Å². The van der Waals surface area contributed by atoms with Gasteiger partial charge in [-0.1, -0.05) is 23.7 Å². The molecule has 7 nitrogen and oxygen atoms in total. The Hall–Kier alpha value is -2.12. The second-order valence-electron chi connectivity index (χ2n) is 7.07. The van der Waals surface area contributed by atoms with Crippen LogP contribution in [-0.2, 0) is 16.1 Å². The van der Waals surface area contributed by atoms with E-state index in [9.17, 15) is 14.4 Å². The van der Waals surface area contributed by atoms with E-state index in [1.807, 2.05) is 23.1 Å². The quantitative estimate of drug-likeness (QED) is 0.691. The van der Waals surface area contributed by atoms with Crippen LogP contribution in [0.1, 0.15) is 18.4 Å². The fourth-order valence-corrected chi connectivity index (χ4v) is 3.70. The molecule has 0 atom stereocenters. The first kappa shape index (κ1) is 19.6. The van der Waals surface area contributed by atoms with Crippen LogP contribution >= 0.6 is 11.6 Å². The molecule has 146 valence electrons. The van der Waals surface area contributed by atoms with Gasteiger partial charge in [0.2, 0.25) is 11.8 Å². The van der Waals surface area contributed by atoms with Crippen molar-refractivity contribution in [3.8, 4) is 0 Å². The number of hydrogen-bond donors (Lipinski definition) is 0. The molecule has 0 unspecified atom stereocenters. The molecule has 1 aromatic carbocycles. The highest BCUT2D eigenvalue weighted by Gasteiger charge is 2.33. The van der Waals surface area contributed by atoms with Crippen molar-refractivity contribution < 1.29 is 14.4 Å². The van der Waals surface area contributed by atoms with E-state index in [0.29, 0.717) is 32.5 Å². The average Bonchev–Trinajstić information content (AvgIpc) is 2.88. The van der Waals surface area contributed by atoms with Crippen molar-refractivity contribution in [1.29, 1.82) is 0 Å². The summed E-state index contributed by atoms with van der Waals surface area (Å²) in [6.07, 6.45) is 0.863. The number of benzene rings is 1. The molecule has 4 amide bonds. The van der Waals surface area contributed by atoms with Gasteiger partial charge in [0.25, 0.3) is 0 Å². The molecule has 2 aliphatic rings. The number of likely N-dealkylation sites (N-methyl/N-ethyl adjacent to an activating group) is 1. The number of urea groups is 1. The van der Waals surface area contributed by atoms with E-state index in [-0.39, 0.29) is 24.4 Å². The fourth-order valence-electron chi connectivity index (χ4n) is 3.48. The molecule has 0 N–H and O–H groups in total. The Morgan fingerprint density at radius 1 is 1.15 bits per heavy atom. The van der Waals surface area contributed by atoms with Gasteiger partial charge in [-0.05, 0) is 24.1 Å². The van der Waals surface area contributed by atoms with Gasteiger partial charge in [0.15, 0.2) is 0 Å². The highest BCUT2D eigenvalue weighted by molar-refractivity contribution is 6.30. The van der Waals surface area contributed by atoms with E-state index < -0.39 is 0 Å². The van der Waals surface area contributed by atoms with Crippen molar-refractivity contribution in [3.05, 3.63) is 34.9 Å².